The molecule has 0 aliphatic carbocycles. The number of ether oxygens (including phenoxy) is 1. The van der Waals surface area contributed by atoms with Crippen molar-refractivity contribution in [2.45, 2.75) is 46.1 Å². The van der Waals surface area contributed by atoms with E-state index in [1.165, 1.54) is 0 Å². The van der Waals surface area contributed by atoms with E-state index in [0.717, 1.165) is 19.4 Å². The lowest BCUT2D eigenvalue weighted by Gasteiger charge is -2.22. The molecule has 0 aliphatic rings. The second kappa shape index (κ2) is 6.20. The van der Waals surface area contributed by atoms with Gasteiger partial charge < -0.3 is 9.16 Å². The van der Waals surface area contributed by atoms with Crippen LogP contribution in [-0.4, -0.2) is 21.2 Å². The summed E-state index contributed by atoms with van der Waals surface area (Å²) < 4.78 is 11.1. The van der Waals surface area contributed by atoms with Gasteiger partial charge in [0.25, 0.3) is 8.32 Å². The zero-order valence-corrected chi connectivity index (χ0v) is 10.1. The van der Waals surface area contributed by atoms with Gasteiger partial charge in [0.2, 0.25) is 0 Å². The zero-order chi connectivity index (χ0) is 10.3. The number of terminal acetylenes is 1. The minimum absolute atomic E-state index is 0.163. The van der Waals surface area contributed by atoms with E-state index in [1.54, 1.807) is 0 Å². The Morgan fingerprint density at radius 2 is 2.08 bits per heavy atom. The molecule has 76 valence electrons. The van der Waals surface area contributed by atoms with Gasteiger partial charge in [-0.05, 0) is 26.4 Å². The van der Waals surface area contributed by atoms with E-state index in [-0.39, 0.29) is 6.29 Å². The van der Waals surface area contributed by atoms with Crippen LogP contribution in [0.3, 0.4) is 0 Å². The molecular formula is C10H20O2Si. The normalized spacial score (nSPS) is 13.8. The van der Waals surface area contributed by atoms with Gasteiger partial charge in [-0.25, -0.2) is 0 Å². The fraction of sp³-hybridized carbons (Fsp3) is 0.800. The van der Waals surface area contributed by atoms with Gasteiger partial charge in [0.1, 0.15) is 6.29 Å². The first-order valence-corrected chi connectivity index (χ1v) is 7.70. The van der Waals surface area contributed by atoms with E-state index in [0.29, 0.717) is 0 Å². The van der Waals surface area contributed by atoms with Crippen molar-refractivity contribution in [2.75, 3.05) is 6.61 Å². The maximum absolute atomic E-state index is 5.61. The lowest BCUT2D eigenvalue weighted by molar-refractivity contribution is -0.0716. The zero-order valence-electron chi connectivity index (χ0n) is 9.09. The van der Waals surface area contributed by atoms with Gasteiger partial charge in [0, 0.05) is 6.61 Å². The monoisotopic (exact) mass is 200 g/mol. The number of hydrogen-bond acceptors (Lipinski definition) is 2. The first-order chi connectivity index (χ1) is 6.02. The molecule has 0 N–H and O–H groups in total. The molecule has 0 bridgehead atoms. The molecule has 0 fully saturated rings. The molecule has 0 rings (SSSR count). The van der Waals surface area contributed by atoms with Crippen molar-refractivity contribution in [3.63, 3.8) is 0 Å². The van der Waals surface area contributed by atoms with Crippen molar-refractivity contribution in [2.24, 2.45) is 0 Å². The van der Waals surface area contributed by atoms with E-state index < -0.39 is 8.32 Å². The predicted octanol–water partition coefficient (Wildman–Crippen LogP) is 2.54. The molecule has 0 heterocycles. The van der Waals surface area contributed by atoms with Crippen molar-refractivity contribution in [3.05, 3.63) is 0 Å². The highest BCUT2D eigenvalue weighted by Crippen LogP contribution is 2.07. The van der Waals surface area contributed by atoms with Crippen molar-refractivity contribution < 1.29 is 9.16 Å². The van der Waals surface area contributed by atoms with Crippen LogP contribution in [0.5, 0.6) is 0 Å². The Morgan fingerprint density at radius 1 is 1.46 bits per heavy atom. The Kier molecular flexibility index (Phi) is 6.05. The first-order valence-electron chi connectivity index (χ1n) is 4.79. The van der Waals surface area contributed by atoms with Gasteiger partial charge in [-0.2, -0.15) is 0 Å². The van der Waals surface area contributed by atoms with Crippen LogP contribution >= 0.6 is 0 Å². The van der Waals surface area contributed by atoms with Crippen molar-refractivity contribution in [1.29, 1.82) is 0 Å². The summed E-state index contributed by atoms with van der Waals surface area (Å²) in [7, 11) is -1.90. The van der Waals surface area contributed by atoms with Crippen LogP contribution < -0.4 is 0 Å². The SMILES string of the molecule is C#C[Si](C)(C)OC(C)OCCCC. The largest absolute Gasteiger partial charge is 0.381 e. The second-order valence-electron chi connectivity index (χ2n) is 3.56. The Morgan fingerprint density at radius 3 is 2.54 bits per heavy atom. The third-order valence-corrected chi connectivity index (χ3v) is 3.28. The van der Waals surface area contributed by atoms with Crippen molar-refractivity contribution in [1.82, 2.24) is 0 Å². The molecule has 0 aromatic carbocycles. The van der Waals surface area contributed by atoms with Gasteiger partial charge in [0.15, 0.2) is 0 Å². The van der Waals surface area contributed by atoms with Gasteiger partial charge in [-0.3, -0.25) is 0 Å². The summed E-state index contributed by atoms with van der Waals surface area (Å²) in [5.41, 5.74) is 2.70. The standard InChI is InChI=1S/C10H20O2Si/c1-6-8-9-11-10(3)12-13(4,5)7-2/h2,10H,6,8-9H2,1,3-5H3. The molecule has 0 amide bonds. The molecule has 0 aromatic heterocycles. The summed E-state index contributed by atoms with van der Waals surface area (Å²) in [5.74, 6) is 0. The average Bonchev–Trinajstić information content (AvgIpc) is 2.04. The maximum Gasteiger partial charge on any atom is 0.268 e. The van der Waals surface area contributed by atoms with Crippen LogP contribution in [0.1, 0.15) is 26.7 Å². The molecule has 3 heteroatoms. The Hall–Kier alpha value is -0.303. The van der Waals surface area contributed by atoms with Gasteiger partial charge in [-0.15, -0.1) is 12.0 Å². The quantitative estimate of drug-likeness (QED) is 0.284. The van der Waals surface area contributed by atoms with E-state index in [2.05, 4.69) is 12.5 Å². The molecule has 0 aromatic rings. The average molecular weight is 200 g/mol. The molecule has 1 atom stereocenters. The third kappa shape index (κ3) is 6.82. The molecule has 0 saturated heterocycles. The molecule has 2 nitrogen and oxygen atoms in total. The maximum atomic E-state index is 5.61. The Labute approximate surface area is 82.8 Å². The minimum atomic E-state index is -1.90. The molecular weight excluding hydrogens is 180 g/mol. The van der Waals surface area contributed by atoms with Crippen LogP contribution in [0.15, 0.2) is 0 Å². The fourth-order valence-electron chi connectivity index (χ4n) is 0.877. The van der Waals surface area contributed by atoms with Crippen LogP contribution in [0.4, 0.5) is 0 Å². The predicted molar refractivity (Wildman–Crippen MR) is 57.7 cm³/mol. The summed E-state index contributed by atoms with van der Waals surface area (Å²) in [6.45, 7) is 8.78. The topological polar surface area (TPSA) is 18.5 Å². The van der Waals surface area contributed by atoms with Crippen LogP contribution in [0.25, 0.3) is 0 Å². The molecule has 0 spiro atoms. The summed E-state index contributed by atoms with van der Waals surface area (Å²) in [6, 6.07) is 0. The second-order valence-corrected chi connectivity index (χ2v) is 7.11. The smallest absolute Gasteiger partial charge is 0.268 e. The summed E-state index contributed by atoms with van der Waals surface area (Å²) >= 11 is 0. The Balaban J connectivity index is 3.63. The lowest BCUT2D eigenvalue weighted by atomic mass is 10.4. The van der Waals surface area contributed by atoms with Gasteiger partial charge in [0.05, 0.1) is 0 Å². The summed E-state index contributed by atoms with van der Waals surface area (Å²) in [6.07, 6.45) is 7.39. The van der Waals surface area contributed by atoms with Crippen LogP contribution in [0.2, 0.25) is 13.1 Å². The van der Waals surface area contributed by atoms with E-state index in [1.807, 2.05) is 20.0 Å². The van der Waals surface area contributed by atoms with Crippen molar-refractivity contribution in [3.8, 4) is 12.0 Å². The number of hydrogen-bond donors (Lipinski definition) is 0. The molecule has 0 radical (unpaired) electrons. The molecule has 13 heavy (non-hydrogen) atoms. The number of rotatable bonds is 6. The highest BCUT2D eigenvalue weighted by atomic mass is 28.4. The third-order valence-electron chi connectivity index (χ3n) is 1.66. The van der Waals surface area contributed by atoms with Gasteiger partial charge in [-0.1, -0.05) is 13.3 Å². The molecule has 0 saturated carbocycles. The Bertz CT molecular complexity index is 172. The number of unbranched alkanes of at least 4 members (excludes halogenated alkanes) is 1. The van der Waals surface area contributed by atoms with Gasteiger partial charge >= 0.3 is 0 Å². The molecule has 1 unspecified atom stereocenters. The highest BCUT2D eigenvalue weighted by molar-refractivity contribution is 6.79. The fourth-order valence-corrected chi connectivity index (χ4v) is 1.84. The van der Waals surface area contributed by atoms with E-state index in [4.69, 9.17) is 15.6 Å². The molecule has 0 aliphatic heterocycles. The van der Waals surface area contributed by atoms with E-state index >= 15 is 0 Å². The van der Waals surface area contributed by atoms with Crippen LogP contribution in [0, 0.1) is 12.0 Å². The lowest BCUT2D eigenvalue weighted by Crippen LogP contribution is -2.34. The first kappa shape index (κ1) is 12.7. The summed E-state index contributed by atoms with van der Waals surface area (Å²) in [5, 5.41) is 0. The van der Waals surface area contributed by atoms with Crippen LogP contribution in [-0.2, 0) is 9.16 Å². The van der Waals surface area contributed by atoms with E-state index in [9.17, 15) is 0 Å². The highest BCUT2D eigenvalue weighted by Gasteiger charge is 2.22. The van der Waals surface area contributed by atoms with Crippen molar-refractivity contribution >= 4 is 8.32 Å². The minimum Gasteiger partial charge on any atom is -0.381 e. The summed E-state index contributed by atoms with van der Waals surface area (Å²) in [4.78, 5) is 0.